The van der Waals surface area contributed by atoms with Crippen molar-refractivity contribution in [3.63, 3.8) is 0 Å². The maximum atomic E-state index is 11.8. The predicted molar refractivity (Wildman–Crippen MR) is 73.8 cm³/mol. The van der Waals surface area contributed by atoms with Crippen molar-refractivity contribution in [1.29, 1.82) is 0 Å². The molecule has 0 radical (unpaired) electrons. The standard InChI is InChI=1S/C15H19NO4/c1-11(17)13-10-15(16(19)20,9-8-14(13,2)18)12-6-4-3-5-7-12/h3-7,13,18H,8-10H2,1-2H3/t13-,14+,15+/m0/s1. The van der Waals surface area contributed by atoms with Crippen LogP contribution in [0, 0.1) is 16.0 Å². The highest BCUT2D eigenvalue weighted by Crippen LogP contribution is 2.46. The maximum absolute atomic E-state index is 11.8. The van der Waals surface area contributed by atoms with E-state index in [-0.39, 0.29) is 30.0 Å². The number of carbonyl (C=O) groups excluding carboxylic acids is 1. The minimum Gasteiger partial charge on any atom is -0.389 e. The lowest BCUT2D eigenvalue weighted by Gasteiger charge is -2.42. The van der Waals surface area contributed by atoms with Gasteiger partial charge >= 0.3 is 0 Å². The van der Waals surface area contributed by atoms with Crippen molar-refractivity contribution in [2.75, 3.05) is 0 Å². The molecule has 2 rings (SSSR count). The number of benzene rings is 1. The molecular weight excluding hydrogens is 258 g/mol. The fourth-order valence-electron chi connectivity index (χ4n) is 3.16. The summed E-state index contributed by atoms with van der Waals surface area (Å²) in [7, 11) is 0. The van der Waals surface area contributed by atoms with Crippen LogP contribution >= 0.6 is 0 Å². The molecule has 0 unspecified atom stereocenters. The van der Waals surface area contributed by atoms with Gasteiger partial charge in [-0.2, -0.15) is 0 Å². The van der Waals surface area contributed by atoms with Crippen molar-refractivity contribution < 1.29 is 14.8 Å². The molecule has 0 aromatic heterocycles. The third-order valence-electron chi connectivity index (χ3n) is 4.49. The Morgan fingerprint density at radius 3 is 2.45 bits per heavy atom. The first-order valence-corrected chi connectivity index (χ1v) is 6.72. The fraction of sp³-hybridized carbons (Fsp3) is 0.533. The van der Waals surface area contributed by atoms with Crippen LogP contribution in [0.15, 0.2) is 30.3 Å². The van der Waals surface area contributed by atoms with E-state index in [1.807, 2.05) is 0 Å². The van der Waals surface area contributed by atoms with Gasteiger partial charge in [0.25, 0.3) is 0 Å². The van der Waals surface area contributed by atoms with Gasteiger partial charge < -0.3 is 5.11 Å². The van der Waals surface area contributed by atoms with Crippen LogP contribution in [0.5, 0.6) is 0 Å². The fourth-order valence-corrected chi connectivity index (χ4v) is 3.16. The number of Topliss-reactive ketones (excluding diaryl/α,β-unsaturated/α-hetero) is 1. The van der Waals surface area contributed by atoms with E-state index in [0.717, 1.165) is 0 Å². The van der Waals surface area contributed by atoms with Crippen molar-refractivity contribution in [2.45, 2.75) is 44.2 Å². The van der Waals surface area contributed by atoms with Crippen LogP contribution in [-0.2, 0) is 10.3 Å². The zero-order chi connectivity index (χ0) is 15.0. The molecule has 0 saturated heterocycles. The Morgan fingerprint density at radius 2 is 1.95 bits per heavy atom. The second kappa shape index (κ2) is 4.98. The number of nitrogens with zero attached hydrogens (tertiary/aromatic N) is 1. The van der Waals surface area contributed by atoms with Crippen LogP contribution < -0.4 is 0 Å². The molecule has 1 saturated carbocycles. The smallest absolute Gasteiger partial charge is 0.248 e. The zero-order valence-electron chi connectivity index (χ0n) is 11.7. The topological polar surface area (TPSA) is 80.4 Å². The summed E-state index contributed by atoms with van der Waals surface area (Å²) in [6.07, 6.45) is 0.528. The summed E-state index contributed by atoms with van der Waals surface area (Å²) in [5, 5.41) is 22.0. The summed E-state index contributed by atoms with van der Waals surface area (Å²) < 4.78 is 0. The number of rotatable bonds is 3. The molecule has 1 aromatic rings. The highest BCUT2D eigenvalue weighted by atomic mass is 16.6. The average molecular weight is 277 g/mol. The van der Waals surface area contributed by atoms with Crippen molar-refractivity contribution in [1.82, 2.24) is 0 Å². The van der Waals surface area contributed by atoms with Crippen LogP contribution in [0.4, 0.5) is 0 Å². The normalized spacial score (nSPS) is 33.6. The Hall–Kier alpha value is -1.75. The van der Waals surface area contributed by atoms with E-state index < -0.39 is 17.1 Å². The summed E-state index contributed by atoms with van der Waals surface area (Å²) in [5.41, 5.74) is -1.84. The van der Waals surface area contributed by atoms with Gasteiger partial charge in [0, 0.05) is 23.3 Å². The van der Waals surface area contributed by atoms with E-state index >= 15 is 0 Å². The molecule has 3 atom stereocenters. The predicted octanol–water partition coefficient (Wildman–Crippen LogP) is 2.30. The van der Waals surface area contributed by atoms with Crippen molar-refractivity contribution in [3.05, 3.63) is 46.0 Å². The Morgan fingerprint density at radius 1 is 1.35 bits per heavy atom. The van der Waals surface area contributed by atoms with E-state index in [1.54, 1.807) is 37.3 Å². The van der Waals surface area contributed by atoms with E-state index in [9.17, 15) is 20.0 Å². The number of aliphatic hydroxyl groups is 1. The molecule has 1 aliphatic carbocycles. The minimum absolute atomic E-state index is 0.0480. The first-order chi connectivity index (χ1) is 9.29. The first kappa shape index (κ1) is 14.7. The van der Waals surface area contributed by atoms with E-state index in [1.165, 1.54) is 6.92 Å². The molecule has 5 nitrogen and oxygen atoms in total. The molecule has 0 aliphatic heterocycles. The highest BCUT2D eigenvalue weighted by molar-refractivity contribution is 5.79. The van der Waals surface area contributed by atoms with Crippen LogP contribution in [-0.4, -0.2) is 21.4 Å². The summed E-state index contributed by atoms with van der Waals surface area (Å²) >= 11 is 0. The molecule has 1 fully saturated rings. The molecule has 5 heteroatoms. The molecule has 108 valence electrons. The summed E-state index contributed by atoms with van der Waals surface area (Å²) in [5.74, 6) is -0.904. The SMILES string of the molecule is CC(=O)[C@@H]1C[C@](c2ccccc2)([N+](=O)[O-])CC[C@@]1(C)O. The quantitative estimate of drug-likeness (QED) is 0.679. The number of hydrogen-bond acceptors (Lipinski definition) is 4. The number of ketones is 1. The van der Waals surface area contributed by atoms with Gasteiger partial charge in [0.1, 0.15) is 5.78 Å². The molecule has 1 aliphatic rings. The van der Waals surface area contributed by atoms with Crippen LogP contribution in [0.1, 0.15) is 38.7 Å². The molecule has 20 heavy (non-hydrogen) atoms. The average Bonchev–Trinajstić information content (AvgIpc) is 2.39. The lowest BCUT2D eigenvalue weighted by Crippen LogP contribution is -2.52. The number of hydrogen-bond donors (Lipinski definition) is 1. The zero-order valence-corrected chi connectivity index (χ0v) is 11.7. The van der Waals surface area contributed by atoms with Gasteiger partial charge in [-0.1, -0.05) is 30.3 Å². The minimum atomic E-state index is -1.28. The van der Waals surface area contributed by atoms with Gasteiger partial charge in [-0.05, 0) is 20.3 Å². The molecule has 0 bridgehead atoms. The number of carbonyl (C=O) groups is 1. The lowest BCUT2D eigenvalue weighted by atomic mass is 9.65. The van der Waals surface area contributed by atoms with Crippen molar-refractivity contribution in [3.8, 4) is 0 Å². The van der Waals surface area contributed by atoms with Crippen LogP contribution in [0.25, 0.3) is 0 Å². The maximum Gasteiger partial charge on any atom is 0.248 e. The summed E-state index contributed by atoms with van der Waals surface area (Å²) in [6, 6.07) is 8.77. The van der Waals surface area contributed by atoms with Crippen LogP contribution in [0.3, 0.4) is 0 Å². The summed E-state index contributed by atoms with van der Waals surface area (Å²) in [4.78, 5) is 23.1. The molecule has 1 aromatic carbocycles. The van der Waals surface area contributed by atoms with Gasteiger partial charge in [0.05, 0.1) is 11.5 Å². The second-order valence-electron chi connectivity index (χ2n) is 5.88. The molecule has 0 amide bonds. The largest absolute Gasteiger partial charge is 0.389 e. The van der Waals surface area contributed by atoms with E-state index in [4.69, 9.17) is 0 Å². The lowest BCUT2D eigenvalue weighted by molar-refractivity contribution is -0.588. The second-order valence-corrected chi connectivity index (χ2v) is 5.88. The summed E-state index contributed by atoms with van der Waals surface area (Å²) in [6.45, 7) is 2.98. The molecule has 0 heterocycles. The van der Waals surface area contributed by atoms with Crippen molar-refractivity contribution >= 4 is 5.78 Å². The van der Waals surface area contributed by atoms with Crippen LogP contribution in [0.2, 0.25) is 0 Å². The van der Waals surface area contributed by atoms with E-state index in [0.29, 0.717) is 5.56 Å². The Bertz CT molecular complexity index is 526. The van der Waals surface area contributed by atoms with Gasteiger partial charge in [0.15, 0.2) is 0 Å². The van der Waals surface area contributed by atoms with Gasteiger partial charge in [-0.15, -0.1) is 0 Å². The van der Waals surface area contributed by atoms with Gasteiger partial charge in [-0.3, -0.25) is 14.9 Å². The highest BCUT2D eigenvalue weighted by Gasteiger charge is 2.55. The Labute approximate surface area is 117 Å². The third kappa shape index (κ3) is 2.33. The molecular formula is C15H19NO4. The van der Waals surface area contributed by atoms with Gasteiger partial charge in [-0.25, -0.2) is 0 Å². The number of nitro groups is 1. The van der Waals surface area contributed by atoms with Gasteiger partial charge in [0.2, 0.25) is 5.54 Å². The molecule has 0 spiro atoms. The third-order valence-corrected chi connectivity index (χ3v) is 4.49. The Kier molecular flexibility index (Phi) is 3.65. The van der Waals surface area contributed by atoms with Crippen molar-refractivity contribution in [2.24, 2.45) is 5.92 Å². The molecule has 1 N–H and O–H groups in total. The van der Waals surface area contributed by atoms with E-state index in [2.05, 4.69) is 0 Å². The first-order valence-electron chi connectivity index (χ1n) is 6.72. The monoisotopic (exact) mass is 277 g/mol. The Balaban J connectivity index is 2.46.